The Morgan fingerprint density at radius 2 is 2.16 bits per heavy atom. The van der Waals surface area contributed by atoms with Crippen LogP contribution in [0.15, 0.2) is 40.7 Å². The lowest BCUT2D eigenvalue weighted by atomic mass is 10.2. The summed E-state index contributed by atoms with van der Waals surface area (Å²) in [4.78, 5) is 11.1. The van der Waals surface area contributed by atoms with Gasteiger partial charge in [0.15, 0.2) is 5.96 Å². The van der Waals surface area contributed by atoms with Crippen LogP contribution in [-0.2, 0) is 11.3 Å². The third-order valence-corrected chi connectivity index (χ3v) is 5.14. The SMILES string of the molecule is CN=C(NCc1csc(-c2ccccc2)n1)N(C)CCOCC1CC1. The number of aromatic nitrogens is 1. The summed E-state index contributed by atoms with van der Waals surface area (Å²) in [5.74, 6) is 1.68. The summed E-state index contributed by atoms with van der Waals surface area (Å²) in [6.07, 6.45) is 2.66. The number of guanidine groups is 1. The fourth-order valence-corrected chi connectivity index (χ4v) is 3.32. The molecule has 0 unspecified atom stereocenters. The Morgan fingerprint density at radius 1 is 1.36 bits per heavy atom. The van der Waals surface area contributed by atoms with Crippen molar-refractivity contribution in [2.75, 3.05) is 33.9 Å². The van der Waals surface area contributed by atoms with Gasteiger partial charge in [-0.1, -0.05) is 30.3 Å². The van der Waals surface area contributed by atoms with E-state index in [4.69, 9.17) is 9.72 Å². The molecule has 1 N–H and O–H groups in total. The summed E-state index contributed by atoms with van der Waals surface area (Å²) in [6, 6.07) is 10.3. The quantitative estimate of drug-likeness (QED) is 0.447. The molecule has 0 bridgehead atoms. The van der Waals surface area contributed by atoms with Crippen LogP contribution in [0, 0.1) is 5.92 Å². The van der Waals surface area contributed by atoms with Gasteiger partial charge in [0.05, 0.1) is 18.8 Å². The molecule has 1 aromatic heterocycles. The number of benzene rings is 1. The lowest BCUT2D eigenvalue weighted by molar-refractivity contribution is 0.115. The van der Waals surface area contributed by atoms with Gasteiger partial charge in [0.25, 0.3) is 0 Å². The topological polar surface area (TPSA) is 49.8 Å². The summed E-state index contributed by atoms with van der Waals surface area (Å²) >= 11 is 1.67. The molecule has 3 rings (SSSR count). The number of ether oxygens (including phenoxy) is 1. The molecule has 134 valence electrons. The fraction of sp³-hybridized carbons (Fsp3) is 0.474. The van der Waals surface area contributed by atoms with Crippen LogP contribution in [0.1, 0.15) is 18.5 Å². The maximum Gasteiger partial charge on any atom is 0.193 e. The Labute approximate surface area is 153 Å². The number of hydrogen-bond acceptors (Lipinski definition) is 4. The van der Waals surface area contributed by atoms with Gasteiger partial charge in [-0.15, -0.1) is 11.3 Å². The number of likely N-dealkylation sites (N-methyl/N-ethyl adjacent to an activating group) is 1. The van der Waals surface area contributed by atoms with Crippen molar-refractivity contribution in [3.63, 3.8) is 0 Å². The maximum absolute atomic E-state index is 5.70. The largest absolute Gasteiger partial charge is 0.379 e. The van der Waals surface area contributed by atoms with Crippen LogP contribution in [0.4, 0.5) is 0 Å². The van der Waals surface area contributed by atoms with E-state index in [-0.39, 0.29) is 0 Å². The van der Waals surface area contributed by atoms with Gasteiger partial charge in [-0.25, -0.2) is 4.98 Å². The highest BCUT2D eigenvalue weighted by Gasteiger charge is 2.21. The van der Waals surface area contributed by atoms with Gasteiger partial charge in [0.1, 0.15) is 5.01 Å². The Morgan fingerprint density at radius 3 is 2.88 bits per heavy atom. The summed E-state index contributed by atoms with van der Waals surface area (Å²) in [7, 11) is 3.84. The van der Waals surface area contributed by atoms with Crippen LogP contribution < -0.4 is 5.32 Å². The van der Waals surface area contributed by atoms with Crippen molar-refractivity contribution in [1.29, 1.82) is 0 Å². The van der Waals surface area contributed by atoms with Gasteiger partial charge >= 0.3 is 0 Å². The average molecular weight is 359 g/mol. The number of aliphatic imine (C=N–C) groups is 1. The summed E-state index contributed by atoms with van der Waals surface area (Å²) < 4.78 is 5.70. The number of thiazole rings is 1. The molecule has 1 fully saturated rings. The Balaban J connectivity index is 1.45. The molecule has 1 aliphatic rings. The van der Waals surface area contributed by atoms with E-state index >= 15 is 0 Å². The van der Waals surface area contributed by atoms with E-state index in [2.05, 4.69) is 32.7 Å². The molecule has 6 heteroatoms. The minimum atomic E-state index is 0.670. The average Bonchev–Trinajstić information content (AvgIpc) is 3.35. The number of hydrogen-bond donors (Lipinski definition) is 1. The second-order valence-corrected chi connectivity index (χ2v) is 7.21. The van der Waals surface area contributed by atoms with Crippen molar-refractivity contribution >= 4 is 17.3 Å². The Bertz CT molecular complexity index is 682. The lowest BCUT2D eigenvalue weighted by Crippen LogP contribution is -2.40. The van der Waals surface area contributed by atoms with E-state index < -0.39 is 0 Å². The highest BCUT2D eigenvalue weighted by molar-refractivity contribution is 7.13. The Hall–Kier alpha value is -1.92. The van der Waals surface area contributed by atoms with Crippen LogP contribution in [0.5, 0.6) is 0 Å². The monoisotopic (exact) mass is 358 g/mol. The van der Waals surface area contributed by atoms with Crippen LogP contribution in [0.3, 0.4) is 0 Å². The predicted octanol–water partition coefficient (Wildman–Crippen LogP) is 3.24. The van der Waals surface area contributed by atoms with Gasteiger partial charge in [0, 0.05) is 38.2 Å². The lowest BCUT2D eigenvalue weighted by Gasteiger charge is -2.21. The van der Waals surface area contributed by atoms with Gasteiger partial charge in [0.2, 0.25) is 0 Å². The number of rotatable bonds is 8. The molecule has 1 aliphatic carbocycles. The second-order valence-electron chi connectivity index (χ2n) is 6.35. The van der Waals surface area contributed by atoms with Crippen LogP contribution in [0.2, 0.25) is 0 Å². The maximum atomic E-state index is 5.70. The van der Waals surface area contributed by atoms with E-state index in [0.717, 1.165) is 47.9 Å². The van der Waals surface area contributed by atoms with Crippen molar-refractivity contribution < 1.29 is 4.74 Å². The van der Waals surface area contributed by atoms with E-state index in [1.807, 2.05) is 25.2 Å². The summed E-state index contributed by atoms with van der Waals surface area (Å²) in [5.41, 5.74) is 2.19. The van der Waals surface area contributed by atoms with Crippen molar-refractivity contribution in [2.24, 2.45) is 10.9 Å². The van der Waals surface area contributed by atoms with E-state index in [1.165, 1.54) is 12.8 Å². The van der Waals surface area contributed by atoms with E-state index in [0.29, 0.717) is 6.54 Å². The molecule has 1 heterocycles. The standard InChI is InChI=1S/C19H26N4OS/c1-20-19(23(2)10-11-24-13-15-8-9-15)21-12-17-14-25-18(22-17)16-6-4-3-5-7-16/h3-7,14-15H,8-13H2,1-2H3,(H,20,21). The fourth-order valence-electron chi connectivity index (χ4n) is 2.50. The van der Waals surface area contributed by atoms with E-state index in [1.54, 1.807) is 18.4 Å². The first-order valence-corrected chi connectivity index (χ1v) is 9.63. The van der Waals surface area contributed by atoms with Crippen molar-refractivity contribution in [2.45, 2.75) is 19.4 Å². The molecule has 0 atom stereocenters. The third-order valence-electron chi connectivity index (χ3n) is 4.19. The molecule has 0 spiro atoms. The first-order valence-electron chi connectivity index (χ1n) is 8.75. The zero-order chi connectivity index (χ0) is 17.5. The van der Waals surface area contributed by atoms with Gasteiger partial charge in [-0.2, -0.15) is 0 Å². The summed E-state index contributed by atoms with van der Waals surface area (Å²) in [6.45, 7) is 3.14. The van der Waals surface area contributed by atoms with Gasteiger partial charge in [-0.3, -0.25) is 4.99 Å². The van der Waals surface area contributed by atoms with Gasteiger partial charge < -0.3 is 15.0 Å². The number of nitrogens with one attached hydrogen (secondary N) is 1. The minimum absolute atomic E-state index is 0.670. The normalized spacial score (nSPS) is 14.6. The molecule has 0 amide bonds. The highest BCUT2D eigenvalue weighted by atomic mass is 32.1. The first kappa shape index (κ1) is 17.9. The summed E-state index contributed by atoms with van der Waals surface area (Å²) in [5, 5.41) is 6.53. The van der Waals surface area contributed by atoms with Crippen LogP contribution in [-0.4, -0.2) is 49.7 Å². The van der Waals surface area contributed by atoms with Crippen molar-refractivity contribution in [3.8, 4) is 10.6 Å². The minimum Gasteiger partial charge on any atom is -0.379 e. The Kier molecular flexibility index (Phi) is 6.42. The predicted molar refractivity (Wildman–Crippen MR) is 104 cm³/mol. The molecule has 5 nitrogen and oxygen atoms in total. The smallest absolute Gasteiger partial charge is 0.193 e. The molecule has 0 radical (unpaired) electrons. The molecule has 0 aliphatic heterocycles. The van der Waals surface area contributed by atoms with Crippen molar-refractivity contribution in [3.05, 3.63) is 41.4 Å². The molecular weight excluding hydrogens is 332 g/mol. The molecule has 1 saturated carbocycles. The van der Waals surface area contributed by atoms with E-state index in [9.17, 15) is 0 Å². The van der Waals surface area contributed by atoms with Gasteiger partial charge in [-0.05, 0) is 18.8 Å². The molecule has 2 aromatic rings. The molecular formula is C19H26N4OS. The number of nitrogens with zero attached hydrogens (tertiary/aromatic N) is 3. The molecule has 1 aromatic carbocycles. The third kappa shape index (κ3) is 5.54. The van der Waals surface area contributed by atoms with Crippen molar-refractivity contribution in [1.82, 2.24) is 15.2 Å². The zero-order valence-corrected chi connectivity index (χ0v) is 15.8. The molecule has 0 saturated heterocycles. The second kappa shape index (κ2) is 8.97. The van der Waals surface area contributed by atoms with Crippen LogP contribution in [0.25, 0.3) is 10.6 Å². The zero-order valence-electron chi connectivity index (χ0n) is 14.9. The highest BCUT2D eigenvalue weighted by Crippen LogP contribution is 2.28. The molecule has 25 heavy (non-hydrogen) atoms. The first-order chi connectivity index (χ1) is 12.3. The van der Waals surface area contributed by atoms with Crippen LogP contribution >= 0.6 is 11.3 Å².